The Bertz CT molecular complexity index is 827. The lowest BCUT2D eigenvalue weighted by Gasteiger charge is -2.39. The number of ether oxygens (including phenoxy) is 2. The largest absolute Gasteiger partial charge is 0.454 e. The van der Waals surface area contributed by atoms with E-state index < -0.39 is 11.7 Å². The Balaban J connectivity index is 1.39. The van der Waals surface area contributed by atoms with E-state index in [1.807, 2.05) is 24.3 Å². The number of aliphatic hydroxyl groups excluding tert-OH is 1. The van der Waals surface area contributed by atoms with E-state index in [-0.39, 0.29) is 6.79 Å². The van der Waals surface area contributed by atoms with Crippen molar-refractivity contribution in [3.8, 4) is 11.5 Å². The van der Waals surface area contributed by atoms with Crippen molar-refractivity contribution in [3.63, 3.8) is 0 Å². The molecular weight excluding hydrogens is 342 g/mol. The van der Waals surface area contributed by atoms with Crippen molar-refractivity contribution in [2.45, 2.75) is 38.4 Å². The molecule has 5 heteroatoms. The quantitative estimate of drug-likeness (QED) is 0.867. The molecule has 1 saturated heterocycles. The van der Waals surface area contributed by atoms with Gasteiger partial charge in [-0.25, -0.2) is 0 Å². The monoisotopic (exact) mass is 369 g/mol. The zero-order valence-corrected chi connectivity index (χ0v) is 15.9. The van der Waals surface area contributed by atoms with Gasteiger partial charge in [0.2, 0.25) is 6.79 Å². The summed E-state index contributed by atoms with van der Waals surface area (Å²) >= 11 is 0. The molecule has 5 nitrogen and oxygen atoms in total. The van der Waals surface area contributed by atoms with Crippen molar-refractivity contribution >= 4 is 0 Å². The van der Waals surface area contributed by atoms with Crippen LogP contribution >= 0.6 is 0 Å². The van der Waals surface area contributed by atoms with Crippen LogP contribution in [0.1, 0.15) is 41.2 Å². The number of β-amino-alcohol motifs (C(OH)–C–C–N with tert-alkyl or cyclic N) is 1. The fourth-order valence-electron chi connectivity index (χ4n) is 3.90. The Hall–Kier alpha value is -2.08. The lowest BCUT2D eigenvalue weighted by molar-refractivity contribution is -0.0345. The minimum absolute atomic E-state index is 0.237. The van der Waals surface area contributed by atoms with Gasteiger partial charge in [-0.15, -0.1) is 0 Å². The van der Waals surface area contributed by atoms with Gasteiger partial charge in [-0.05, 0) is 61.1 Å². The molecule has 27 heavy (non-hydrogen) atoms. The van der Waals surface area contributed by atoms with E-state index in [9.17, 15) is 10.2 Å². The van der Waals surface area contributed by atoms with Crippen molar-refractivity contribution in [2.75, 3.05) is 26.4 Å². The van der Waals surface area contributed by atoms with E-state index >= 15 is 0 Å². The molecule has 0 saturated carbocycles. The minimum atomic E-state index is -0.858. The van der Waals surface area contributed by atoms with Gasteiger partial charge in [-0.2, -0.15) is 0 Å². The smallest absolute Gasteiger partial charge is 0.231 e. The van der Waals surface area contributed by atoms with Crippen LogP contribution in [0.15, 0.2) is 36.4 Å². The van der Waals surface area contributed by atoms with Crippen molar-refractivity contribution in [3.05, 3.63) is 58.7 Å². The summed E-state index contributed by atoms with van der Waals surface area (Å²) in [5, 5.41) is 21.7. The molecule has 1 fully saturated rings. The predicted octanol–water partition coefficient (Wildman–Crippen LogP) is 3.05. The zero-order valence-electron chi connectivity index (χ0n) is 15.9. The molecule has 144 valence electrons. The maximum absolute atomic E-state index is 11.1. The van der Waals surface area contributed by atoms with E-state index in [1.54, 1.807) is 0 Å². The standard InChI is InChI=1S/C22H27NO4/c1-15-3-4-17(11-16(15)2)19(24)13-23-9-7-22(25,8-10-23)18-5-6-20-21(12-18)27-14-26-20/h3-6,11-12,19,24-25H,7-10,13-14H2,1-2H3/t19-/m0/s1. The van der Waals surface area contributed by atoms with Crippen LogP contribution in [-0.4, -0.2) is 41.5 Å². The Morgan fingerprint density at radius 3 is 2.48 bits per heavy atom. The van der Waals surface area contributed by atoms with Gasteiger partial charge < -0.3 is 24.6 Å². The number of aryl methyl sites for hydroxylation is 2. The molecule has 2 aromatic carbocycles. The number of nitrogens with zero attached hydrogens (tertiary/aromatic N) is 1. The van der Waals surface area contributed by atoms with Gasteiger partial charge >= 0.3 is 0 Å². The Morgan fingerprint density at radius 2 is 1.74 bits per heavy atom. The highest BCUT2D eigenvalue weighted by molar-refractivity contribution is 5.46. The van der Waals surface area contributed by atoms with Crippen LogP contribution in [0.25, 0.3) is 0 Å². The van der Waals surface area contributed by atoms with Crippen LogP contribution in [0, 0.1) is 13.8 Å². The van der Waals surface area contributed by atoms with Gasteiger partial charge in [0.1, 0.15) is 0 Å². The molecule has 0 unspecified atom stereocenters. The molecular formula is C22H27NO4. The Kier molecular flexibility index (Phi) is 4.84. The number of likely N-dealkylation sites (tertiary alicyclic amines) is 1. The molecule has 0 spiro atoms. The highest BCUT2D eigenvalue weighted by atomic mass is 16.7. The lowest BCUT2D eigenvalue weighted by Crippen LogP contribution is -2.43. The molecule has 2 N–H and O–H groups in total. The first-order chi connectivity index (χ1) is 12.9. The summed E-state index contributed by atoms with van der Waals surface area (Å²) in [5.74, 6) is 1.44. The average Bonchev–Trinajstić information content (AvgIpc) is 3.14. The first-order valence-electron chi connectivity index (χ1n) is 9.55. The number of fused-ring (bicyclic) bond motifs is 1. The van der Waals surface area contributed by atoms with Crippen LogP contribution in [0.2, 0.25) is 0 Å². The van der Waals surface area contributed by atoms with Crippen LogP contribution in [0.5, 0.6) is 11.5 Å². The van der Waals surface area contributed by atoms with Crippen molar-refractivity contribution in [2.24, 2.45) is 0 Å². The average molecular weight is 369 g/mol. The molecule has 4 rings (SSSR count). The summed E-state index contributed by atoms with van der Waals surface area (Å²) in [4.78, 5) is 2.22. The molecule has 2 aromatic rings. The molecule has 0 radical (unpaired) electrons. The van der Waals surface area contributed by atoms with Crippen LogP contribution in [0.4, 0.5) is 0 Å². The number of hydrogen-bond donors (Lipinski definition) is 2. The van der Waals surface area contributed by atoms with E-state index in [0.29, 0.717) is 25.1 Å². The second-order valence-corrected chi connectivity index (χ2v) is 7.76. The van der Waals surface area contributed by atoms with Crippen LogP contribution in [-0.2, 0) is 5.60 Å². The molecule has 0 amide bonds. The molecule has 2 aliphatic rings. The van der Waals surface area contributed by atoms with Gasteiger partial charge in [0.15, 0.2) is 11.5 Å². The fraction of sp³-hybridized carbons (Fsp3) is 0.455. The number of hydrogen-bond acceptors (Lipinski definition) is 5. The third-order valence-electron chi connectivity index (χ3n) is 5.94. The summed E-state index contributed by atoms with van der Waals surface area (Å²) in [6, 6.07) is 11.8. The summed E-state index contributed by atoms with van der Waals surface area (Å²) in [7, 11) is 0. The van der Waals surface area contributed by atoms with E-state index in [1.165, 1.54) is 11.1 Å². The van der Waals surface area contributed by atoms with Gasteiger partial charge in [-0.3, -0.25) is 0 Å². The highest BCUT2D eigenvalue weighted by Gasteiger charge is 2.35. The van der Waals surface area contributed by atoms with Gasteiger partial charge in [0, 0.05) is 19.6 Å². The molecule has 2 aliphatic heterocycles. The third-order valence-corrected chi connectivity index (χ3v) is 5.94. The molecule has 1 atom stereocenters. The number of piperidine rings is 1. The van der Waals surface area contributed by atoms with E-state index in [2.05, 4.69) is 30.9 Å². The van der Waals surface area contributed by atoms with E-state index in [0.717, 1.165) is 30.0 Å². The lowest BCUT2D eigenvalue weighted by atomic mass is 9.84. The van der Waals surface area contributed by atoms with Gasteiger partial charge in [-0.1, -0.05) is 24.3 Å². The van der Waals surface area contributed by atoms with Gasteiger partial charge in [0.25, 0.3) is 0 Å². The van der Waals surface area contributed by atoms with Crippen LogP contribution < -0.4 is 9.47 Å². The van der Waals surface area contributed by atoms with Gasteiger partial charge in [0.05, 0.1) is 11.7 Å². The molecule has 0 aliphatic carbocycles. The summed E-state index contributed by atoms with van der Waals surface area (Å²) in [6.07, 6.45) is 0.750. The maximum atomic E-state index is 11.1. The predicted molar refractivity (Wildman–Crippen MR) is 103 cm³/mol. The number of benzene rings is 2. The van der Waals surface area contributed by atoms with Crippen molar-refractivity contribution in [1.29, 1.82) is 0 Å². The topological polar surface area (TPSA) is 62.2 Å². The second kappa shape index (κ2) is 7.15. The fourth-order valence-corrected chi connectivity index (χ4v) is 3.90. The summed E-state index contributed by atoms with van der Waals surface area (Å²) in [5.41, 5.74) is 3.40. The molecule has 2 heterocycles. The second-order valence-electron chi connectivity index (χ2n) is 7.76. The first-order valence-corrected chi connectivity index (χ1v) is 9.55. The summed E-state index contributed by atoms with van der Waals surface area (Å²) < 4.78 is 10.8. The zero-order chi connectivity index (χ0) is 19.0. The molecule has 0 aromatic heterocycles. The van der Waals surface area contributed by atoms with Crippen LogP contribution in [0.3, 0.4) is 0 Å². The normalized spacial score (nSPS) is 19.9. The van der Waals surface area contributed by atoms with Crippen molar-refractivity contribution < 1.29 is 19.7 Å². The number of rotatable bonds is 4. The SMILES string of the molecule is Cc1ccc([C@@H](O)CN2CCC(O)(c3ccc4c(c3)OCO4)CC2)cc1C. The molecule has 0 bridgehead atoms. The van der Waals surface area contributed by atoms with E-state index in [4.69, 9.17) is 9.47 Å². The third kappa shape index (κ3) is 3.68. The first kappa shape index (κ1) is 18.3. The number of aliphatic hydroxyl groups is 2. The Labute approximate surface area is 160 Å². The van der Waals surface area contributed by atoms with Crippen molar-refractivity contribution in [1.82, 2.24) is 4.90 Å². The summed E-state index contributed by atoms with van der Waals surface area (Å²) in [6.45, 7) is 6.45. The maximum Gasteiger partial charge on any atom is 0.231 e. The Morgan fingerprint density at radius 1 is 1.00 bits per heavy atom. The highest BCUT2D eigenvalue weighted by Crippen LogP contribution is 2.39. The minimum Gasteiger partial charge on any atom is -0.454 e.